The summed E-state index contributed by atoms with van der Waals surface area (Å²) in [5.41, 5.74) is 2.50. The molecule has 1 aromatic carbocycles. The van der Waals surface area contributed by atoms with Gasteiger partial charge in [-0.15, -0.1) is 0 Å². The summed E-state index contributed by atoms with van der Waals surface area (Å²) in [7, 11) is 3.19. The number of ether oxygens (including phenoxy) is 1. The Balaban J connectivity index is 1.22. The number of anilines is 1. The van der Waals surface area contributed by atoms with Gasteiger partial charge in [0.05, 0.1) is 13.7 Å². The Bertz CT molecular complexity index is 977. The molecule has 0 saturated carbocycles. The zero-order valence-corrected chi connectivity index (χ0v) is 20.7. The third kappa shape index (κ3) is 5.78. The Hall–Kier alpha value is -2.87. The van der Waals surface area contributed by atoms with Crippen molar-refractivity contribution in [3.05, 3.63) is 41.7 Å². The molecule has 1 amide bonds. The zero-order chi connectivity index (χ0) is 24.1. The lowest BCUT2D eigenvalue weighted by atomic mass is 9.86. The number of hydrogen-bond acceptors (Lipinski definition) is 7. The van der Waals surface area contributed by atoms with Gasteiger partial charge in [-0.2, -0.15) is 4.98 Å². The van der Waals surface area contributed by atoms with E-state index in [2.05, 4.69) is 47.1 Å². The van der Waals surface area contributed by atoms with Crippen molar-refractivity contribution < 1.29 is 18.9 Å². The Morgan fingerprint density at radius 3 is 2.53 bits per heavy atom. The number of hydrogen-bond donors (Lipinski definition) is 0. The molecule has 1 saturated heterocycles. The summed E-state index contributed by atoms with van der Waals surface area (Å²) in [6.45, 7) is 6.66. The van der Waals surface area contributed by atoms with E-state index in [1.165, 1.54) is 23.3 Å². The van der Waals surface area contributed by atoms with E-state index in [0.717, 1.165) is 56.8 Å². The summed E-state index contributed by atoms with van der Waals surface area (Å²) in [5, 5.41) is 5.40. The van der Waals surface area contributed by atoms with E-state index < -0.39 is 0 Å². The van der Waals surface area contributed by atoms with Crippen LogP contribution in [0, 0.1) is 11.8 Å². The quantitative estimate of drug-likeness (QED) is 0.520. The monoisotopic (exact) mass is 468 g/mol. The third-order valence-electron chi connectivity index (χ3n) is 6.89. The topological polar surface area (TPSA) is 80.9 Å². The highest BCUT2D eigenvalue weighted by Crippen LogP contribution is 2.32. The van der Waals surface area contributed by atoms with Crippen molar-refractivity contribution in [3.8, 4) is 5.75 Å². The minimum atomic E-state index is -0.000176. The van der Waals surface area contributed by atoms with Gasteiger partial charge < -0.3 is 14.2 Å². The number of benzene rings is 1. The van der Waals surface area contributed by atoms with Crippen LogP contribution in [0.15, 0.2) is 34.9 Å². The Labute approximate surface area is 201 Å². The van der Waals surface area contributed by atoms with Crippen LogP contribution in [0.3, 0.4) is 0 Å². The number of aromatic nitrogens is 2. The predicted octanol–water partition coefficient (Wildman–Crippen LogP) is 4.69. The van der Waals surface area contributed by atoms with E-state index >= 15 is 0 Å². The standard InChI is InChI=1S/C26H36N4O4/c1-18(2)24-27-26(34-28-24)30-15-13-19(14-16-30)17-33-23-11-9-21(10-12-23)20-5-7-22(8-6-20)25(31)29(3)32-4/h5,9-12,18-19,22H,6-8,13-17H2,1-4H3. The second-order valence-electron chi connectivity index (χ2n) is 9.57. The maximum atomic E-state index is 12.3. The molecular formula is C26H36N4O4. The molecule has 4 rings (SSSR count). The molecule has 0 spiro atoms. The molecule has 184 valence electrons. The molecule has 2 heterocycles. The minimum Gasteiger partial charge on any atom is -0.493 e. The van der Waals surface area contributed by atoms with Crippen LogP contribution in [0.25, 0.3) is 5.57 Å². The number of carbonyl (C=O) groups excluding carboxylic acids is 1. The van der Waals surface area contributed by atoms with Crippen molar-refractivity contribution in [2.75, 3.05) is 38.8 Å². The molecule has 1 aromatic heterocycles. The lowest BCUT2D eigenvalue weighted by Crippen LogP contribution is -2.35. The minimum absolute atomic E-state index is 0.000176. The number of piperidine rings is 1. The van der Waals surface area contributed by atoms with Crippen LogP contribution >= 0.6 is 0 Å². The summed E-state index contributed by atoms with van der Waals surface area (Å²) in [4.78, 5) is 24.0. The molecule has 34 heavy (non-hydrogen) atoms. The molecule has 0 bridgehead atoms. The van der Waals surface area contributed by atoms with E-state index in [1.54, 1.807) is 7.05 Å². The molecule has 1 atom stereocenters. The van der Waals surface area contributed by atoms with Gasteiger partial charge in [0.15, 0.2) is 5.82 Å². The number of hydroxylamine groups is 2. The predicted molar refractivity (Wildman–Crippen MR) is 130 cm³/mol. The maximum Gasteiger partial charge on any atom is 0.324 e. The van der Waals surface area contributed by atoms with Crippen LogP contribution in [0.2, 0.25) is 0 Å². The smallest absolute Gasteiger partial charge is 0.324 e. The molecule has 2 aliphatic rings. The first-order chi connectivity index (χ1) is 16.4. The average molecular weight is 469 g/mol. The van der Waals surface area contributed by atoms with Gasteiger partial charge >= 0.3 is 6.01 Å². The fourth-order valence-electron chi connectivity index (χ4n) is 4.53. The van der Waals surface area contributed by atoms with Crippen LogP contribution in [0.1, 0.15) is 63.3 Å². The maximum absolute atomic E-state index is 12.3. The number of amides is 1. The average Bonchev–Trinajstić information content (AvgIpc) is 3.38. The second kappa shape index (κ2) is 11.0. The molecule has 1 aliphatic heterocycles. The SMILES string of the molecule is CON(C)C(=O)C1CC=C(c2ccc(OCC3CCN(c4nc(C(C)C)no4)CC3)cc2)CC1. The molecular weight excluding hydrogens is 432 g/mol. The summed E-state index contributed by atoms with van der Waals surface area (Å²) in [5.74, 6) is 2.50. The van der Waals surface area contributed by atoms with Gasteiger partial charge in [-0.25, -0.2) is 5.06 Å². The molecule has 0 N–H and O–H groups in total. The Morgan fingerprint density at radius 2 is 1.94 bits per heavy atom. The van der Waals surface area contributed by atoms with Crippen LogP contribution in [-0.2, 0) is 9.63 Å². The molecule has 1 fully saturated rings. The van der Waals surface area contributed by atoms with Crippen LogP contribution in [0.5, 0.6) is 5.75 Å². The van der Waals surface area contributed by atoms with Gasteiger partial charge in [0.1, 0.15) is 5.75 Å². The summed E-state index contributed by atoms with van der Waals surface area (Å²) in [6, 6.07) is 8.97. The summed E-state index contributed by atoms with van der Waals surface area (Å²) >= 11 is 0. The van der Waals surface area contributed by atoms with Gasteiger partial charge in [-0.05, 0) is 61.3 Å². The first-order valence-electron chi connectivity index (χ1n) is 12.3. The highest BCUT2D eigenvalue weighted by Gasteiger charge is 2.26. The van der Waals surface area contributed by atoms with Crippen LogP contribution in [-0.4, -0.2) is 55.0 Å². The number of nitrogens with zero attached hydrogens (tertiary/aromatic N) is 4. The molecule has 2 aromatic rings. The van der Waals surface area contributed by atoms with Gasteiger partial charge in [0.25, 0.3) is 0 Å². The van der Waals surface area contributed by atoms with Gasteiger partial charge in [-0.1, -0.05) is 37.2 Å². The highest BCUT2D eigenvalue weighted by atomic mass is 16.7. The third-order valence-corrected chi connectivity index (χ3v) is 6.89. The molecule has 1 aliphatic carbocycles. The largest absolute Gasteiger partial charge is 0.493 e. The van der Waals surface area contributed by atoms with Crippen molar-refractivity contribution in [2.45, 2.75) is 51.9 Å². The molecule has 8 nitrogen and oxygen atoms in total. The Kier molecular flexibility index (Phi) is 7.88. The molecule has 1 unspecified atom stereocenters. The highest BCUT2D eigenvalue weighted by molar-refractivity contribution is 5.79. The van der Waals surface area contributed by atoms with Crippen LogP contribution < -0.4 is 9.64 Å². The van der Waals surface area contributed by atoms with Gasteiger partial charge in [0, 0.05) is 32.0 Å². The van der Waals surface area contributed by atoms with Crippen molar-refractivity contribution in [1.29, 1.82) is 0 Å². The number of carbonyl (C=O) groups is 1. The Morgan fingerprint density at radius 1 is 1.21 bits per heavy atom. The molecule has 8 heteroatoms. The fourth-order valence-corrected chi connectivity index (χ4v) is 4.53. The van der Waals surface area contributed by atoms with Crippen molar-refractivity contribution in [2.24, 2.45) is 11.8 Å². The van der Waals surface area contributed by atoms with Crippen molar-refractivity contribution >= 4 is 17.5 Å². The molecule has 0 radical (unpaired) electrons. The lowest BCUT2D eigenvalue weighted by Gasteiger charge is -2.30. The first kappa shape index (κ1) is 24.3. The van der Waals surface area contributed by atoms with Crippen LogP contribution in [0.4, 0.5) is 6.01 Å². The normalized spacial score (nSPS) is 19.3. The van der Waals surface area contributed by atoms with E-state index in [9.17, 15) is 4.79 Å². The number of allylic oxidation sites excluding steroid dienone is 2. The van der Waals surface area contributed by atoms with E-state index in [0.29, 0.717) is 18.5 Å². The summed E-state index contributed by atoms with van der Waals surface area (Å²) in [6.07, 6.45) is 6.77. The van der Waals surface area contributed by atoms with Gasteiger partial charge in [0.2, 0.25) is 5.91 Å². The lowest BCUT2D eigenvalue weighted by molar-refractivity contribution is -0.173. The zero-order valence-electron chi connectivity index (χ0n) is 20.7. The van der Waals surface area contributed by atoms with E-state index in [4.69, 9.17) is 14.1 Å². The van der Waals surface area contributed by atoms with E-state index in [1.807, 2.05) is 12.1 Å². The van der Waals surface area contributed by atoms with Crippen molar-refractivity contribution in [3.63, 3.8) is 0 Å². The second-order valence-corrected chi connectivity index (χ2v) is 9.57. The van der Waals surface area contributed by atoms with Crippen molar-refractivity contribution in [1.82, 2.24) is 15.2 Å². The van der Waals surface area contributed by atoms with E-state index in [-0.39, 0.29) is 17.7 Å². The van der Waals surface area contributed by atoms with Gasteiger partial charge in [-0.3, -0.25) is 9.63 Å². The number of rotatable bonds is 8. The fraction of sp³-hybridized carbons (Fsp3) is 0.577. The summed E-state index contributed by atoms with van der Waals surface area (Å²) < 4.78 is 11.5. The first-order valence-corrected chi connectivity index (χ1v) is 12.3.